The summed E-state index contributed by atoms with van der Waals surface area (Å²) in [6.07, 6.45) is 3.69. The first-order chi connectivity index (χ1) is 14.2. The van der Waals surface area contributed by atoms with Gasteiger partial charge in [0.05, 0.1) is 11.7 Å². The number of pyridine rings is 1. The summed E-state index contributed by atoms with van der Waals surface area (Å²) in [5.74, 6) is -0.196. The van der Waals surface area contributed by atoms with E-state index in [9.17, 15) is 4.79 Å². The number of methoxy groups -OCH3 is 1. The predicted octanol–water partition coefficient (Wildman–Crippen LogP) is 3.17. The van der Waals surface area contributed by atoms with Crippen LogP contribution in [0.5, 0.6) is 0 Å². The first kappa shape index (κ1) is 19.1. The molecular weight excluding hydrogens is 386 g/mol. The van der Waals surface area contributed by atoms with Crippen LogP contribution in [0.25, 0.3) is 0 Å². The molecule has 1 aliphatic heterocycles. The molecule has 3 heterocycles. The normalized spacial score (nSPS) is 18.5. The molecule has 2 aromatic heterocycles. The predicted molar refractivity (Wildman–Crippen MR) is 116 cm³/mol. The maximum Gasteiger partial charge on any atom is 0.250 e. The third-order valence-corrected chi connectivity index (χ3v) is 5.06. The molecule has 0 saturated carbocycles. The number of H-pyrrole nitrogens is 1. The monoisotopic (exact) mass is 407 g/mol. The molecule has 3 aromatic rings. The van der Waals surface area contributed by atoms with Gasteiger partial charge in [-0.3, -0.25) is 9.78 Å². The van der Waals surface area contributed by atoms with Crippen molar-refractivity contribution in [1.82, 2.24) is 15.3 Å². The summed E-state index contributed by atoms with van der Waals surface area (Å²) in [5.41, 5.74) is 3.57. The van der Waals surface area contributed by atoms with E-state index in [4.69, 9.17) is 17.0 Å². The number of aromatic amines is 1. The van der Waals surface area contributed by atoms with Gasteiger partial charge in [-0.25, -0.2) is 0 Å². The van der Waals surface area contributed by atoms with E-state index in [1.807, 2.05) is 60.8 Å². The molecule has 0 radical (unpaired) electrons. The van der Waals surface area contributed by atoms with Crippen molar-refractivity contribution in [1.29, 1.82) is 0 Å². The molecule has 4 rings (SSSR count). The summed E-state index contributed by atoms with van der Waals surface area (Å²) >= 11 is 5.67. The van der Waals surface area contributed by atoms with Gasteiger partial charge in [0.25, 0.3) is 0 Å². The molecule has 1 fully saturated rings. The summed E-state index contributed by atoms with van der Waals surface area (Å²) in [7, 11) is 1.49. The molecule has 1 amide bonds. The van der Waals surface area contributed by atoms with Crippen LogP contribution in [0.4, 0.5) is 11.4 Å². The van der Waals surface area contributed by atoms with Crippen LogP contribution in [-0.4, -0.2) is 34.7 Å². The topological polar surface area (TPSA) is 82.3 Å². The second-order valence-electron chi connectivity index (χ2n) is 6.65. The maximum atomic E-state index is 11.7. The molecule has 0 bridgehead atoms. The number of aromatic nitrogens is 2. The van der Waals surface area contributed by atoms with Gasteiger partial charge in [0, 0.05) is 36.6 Å². The Hall–Kier alpha value is -3.23. The fourth-order valence-corrected chi connectivity index (χ4v) is 3.86. The molecule has 148 valence electrons. The number of amides is 1. The molecule has 0 spiro atoms. The zero-order valence-electron chi connectivity index (χ0n) is 15.8. The van der Waals surface area contributed by atoms with Crippen LogP contribution in [0, 0.1) is 0 Å². The number of hydrogen-bond acceptors (Lipinski definition) is 4. The lowest BCUT2D eigenvalue weighted by atomic mass is 10.0. The molecule has 1 aromatic carbocycles. The number of thiocarbonyl (C=S) groups is 1. The standard InChI is InChI=1S/C21H21N5O2S/c1-28-13-18(27)24-14-7-9-15(10-8-14)26-20(17-6-4-12-23-17)19(25-21(26)29)16-5-2-3-11-22-16/h2-12,19-20,23H,13H2,1H3,(H,24,27)(H,25,29)/t19-,20-/m0/s1. The molecule has 1 saturated heterocycles. The van der Waals surface area contributed by atoms with Crippen molar-refractivity contribution in [2.24, 2.45) is 0 Å². The van der Waals surface area contributed by atoms with Gasteiger partial charge in [0.1, 0.15) is 12.6 Å². The zero-order valence-corrected chi connectivity index (χ0v) is 16.6. The Morgan fingerprint density at radius 2 is 2.03 bits per heavy atom. The number of carbonyl (C=O) groups excluding carboxylic acids is 1. The van der Waals surface area contributed by atoms with E-state index >= 15 is 0 Å². The lowest BCUT2D eigenvalue weighted by Crippen LogP contribution is -2.29. The molecule has 2 atom stereocenters. The molecule has 7 nitrogen and oxygen atoms in total. The molecule has 29 heavy (non-hydrogen) atoms. The fourth-order valence-electron chi connectivity index (χ4n) is 3.51. The second kappa shape index (κ2) is 8.42. The first-order valence-corrected chi connectivity index (χ1v) is 9.61. The van der Waals surface area contributed by atoms with Crippen molar-refractivity contribution >= 4 is 34.6 Å². The van der Waals surface area contributed by atoms with Gasteiger partial charge in [0.2, 0.25) is 5.91 Å². The number of hydrogen-bond donors (Lipinski definition) is 3. The smallest absolute Gasteiger partial charge is 0.250 e. The SMILES string of the molecule is COCC(=O)Nc1ccc(N2C(=S)N[C@@H](c3ccccn3)[C@@H]2c2ccc[nH]2)cc1. The highest BCUT2D eigenvalue weighted by Gasteiger charge is 2.41. The Balaban J connectivity index is 1.65. The maximum absolute atomic E-state index is 11.7. The minimum absolute atomic E-state index is 0.0164. The Bertz CT molecular complexity index is 976. The molecule has 3 N–H and O–H groups in total. The first-order valence-electron chi connectivity index (χ1n) is 9.20. The van der Waals surface area contributed by atoms with E-state index in [-0.39, 0.29) is 24.6 Å². The number of benzene rings is 1. The summed E-state index contributed by atoms with van der Waals surface area (Å²) in [6, 6.07) is 17.3. The van der Waals surface area contributed by atoms with Crippen LogP contribution in [0.1, 0.15) is 23.5 Å². The number of nitrogens with zero attached hydrogens (tertiary/aromatic N) is 2. The minimum Gasteiger partial charge on any atom is -0.375 e. The summed E-state index contributed by atoms with van der Waals surface area (Å²) in [6.45, 7) is 0.0164. The third-order valence-electron chi connectivity index (χ3n) is 4.74. The zero-order chi connectivity index (χ0) is 20.2. The number of ether oxygens (including phenoxy) is 1. The van der Waals surface area contributed by atoms with Crippen molar-refractivity contribution in [2.45, 2.75) is 12.1 Å². The van der Waals surface area contributed by atoms with Gasteiger partial charge in [-0.2, -0.15) is 0 Å². The van der Waals surface area contributed by atoms with Crippen molar-refractivity contribution in [3.05, 3.63) is 78.4 Å². The molecular formula is C21H21N5O2S. The van der Waals surface area contributed by atoms with Crippen LogP contribution >= 0.6 is 12.2 Å². The Morgan fingerprint density at radius 3 is 2.69 bits per heavy atom. The molecule has 8 heteroatoms. The highest BCUT2D eigenvalue weighted by atomic mass is 32.1. The number of rotatable bonds is 6. The van der Waals surface area contributed by atoms with E-state index in [0.29, 0.717) is 10.8 Å². The van der Waals surface area contributed by atoms with Gasteiger partial charge in [-0.15, -0.1) is 0 Å². The Morgan fingerprint density at radius 1 is 1.21 bits per heavy atom. The van der Waals surface area contributed by atoms with E-state index in [0.717, 1.165) is 17.1 Å². The molecule has 0 aliphatic carbocycles. The van der Waals surface area contributed by atoms with Gasteiger partial charge >= 0.3 is 0 Å². The Labute approximate surface area is 174 Å². The van der Waals surface area contributed by atoms with Gasteiger partial charge < -0.3 is 25.3 Å². The van der Waals surface area contributed by atoms with E-state index in [2.05, 4.69) is 25.5 Å². The number of carbonyl (C=O) groups is 1. The average molecular weight is 407 g/mol. The van der Waals surface area contributed by atoms with Crippen molar-refractivity contribution in [3.8, 4) is 0 Å². The number of nitrogens with one attached hydrogen (secondary N) is 3. The third kappa shape index (κ3) is 3.98. The van der Waals surface area contributed by atoms with Gasteiger partial charge in [0.15, 0.2) is 5.11 Å². The van der Waals surface area contributed by atoms with Gasteiger partial charge in [-0.05, 0) is 60.7 Å². The van der Waals surface area contributed by atoms with Gasteiger partial charge in [-0.1, -0.05) is 6.07 Å². The van der Waals surface area contributed by atoms with E-state index in [1.54, 1.807) is 6.20 Å². The fraction of sp³-hybridized carbons (Fsp3) is 0.190. The molecule has 0 unspecified atom stereocenters. The van der Waals surface area contributed by atoms with E-state index in [1.165, 1.54) is 7.11 Å². The van der Waals surface area contributed by atoms with Crippen LogP contribution in [-0.2, 0) is 9.53 Å². The quantitative estimate of drug-likeness (QED) is 0.545. The average Bonchev–Trinajstić information content (AvgIpc) is 3.37. The van der Waals surface area contributed by atoms with Crippen LogP contribution in [0.3, 0.4) is 0 Å². The highest BCUT2D eigenvalue weighted by Crippen LogP contribution is 2.40. The highest BCUT2D eigenvalue weighted by molar-refractivity contribution is 7.80. The molecule has 1 aliphatic rings. The summed E-state index contributed by atoms with van der Waals surface area (Å²) in [5, 5.41) is 6.83. The largest absolute Gasteiger partial charge is 0.375 e. The van der Waals surface area contributed by atoms with Crippen LogP contribution < -0.4 is 15.5 Å². The van der Waals surface area contributed by atoms with Crippen LogP contribution in [0.2, 0.25) is 0 Å². The van der Waals surface area contributed by atoms with Crippen molar-refractivity contribution < 1.29 is 9.53 Å². The second-order valence-corrected chi connectivity index (χ2v) is 7.04. The lowest BCUT2D eigenvalue weighted by molar-refractivity contribution is -0.119. The number of anilines is 2. The van der Waals surface area contributed by atoms with Crippen molar-refractivity contribution in [3.63, 3.8) is 0 Å². The lowest BCUT2D eigenvalue weighted by Gasteiger charge is -2.27. The summed E-state index contributed by atoms with van der Waals surface area (Å²) in [4.78, 5) is 21.6. The van der Waals surface area contributed by atoms with E-state index < -0.39 is 0 Å². The minimum atomic E-state index is -0.196. The van der Waals surface area contributed by atoms with Crippen molar-refractivity contribution in [2.75, 3.05) is 23.9 Å². The summed E-state index contributed by atoms with van der Waals surface area (Å²) < 4.78 is 4.85. The van der Waals surface area contributed by atoms with Crippen LogP contribution in [0.15, 0.2) is 67.0 Å². The Kier molecular flexibility index (Phi) is 5.55.